The molecule has 6 nitrogen and oxygen atoms in total. The number of sulfone groups is 1. The van der Waals surface area contributed by atoms with Gasteiger partial charge in [0.2, 0.25) is 5.91 Å². The lowest BCUT2D eigenvalue weighted by atomic mass is 9.89. The summed E-state index contributed by atoms with van der Waals surface area (Å²) in [5, 5.41) is 0. The molecule has 2 rings (SSSR count). The molecule has 2 unspecified atom stereocenters. The van der Waals surface area contributed by atoms with Crippen LogP contribution in [-0.2, 0) is 20.2 Å². The van der Waals surface area contributed by atoms with Crippen molar-refractivity contribution in [1.29, 1.82) is 0 Å². The van der Waals surface area contributed by atoms with Gasteiger partial charge in [-0.3, -0.25) is 9.69 Å². The molecule has 2 atom stereocenters. The van der Waals surface area contributed by atoms with Gasteiger partial charge < -0.3 is 11.5 Å². The minimum Gasteiger partial charge on any atom is -0.368 e. The van der Waals surface area contributed by atoms with Crippen molar-refractivity contribution in [2.45, 2.75) is 18.5 Å². The highest BCUT2D eigenvalue weighted by molar-refractivity contribution is 7.91. The molecule has 1 saturated heterocycles. The predicted molar refractivity (Wildman–Crippen MR) is 81.2 cm³/mol. The molecule has 1 aliphatic heterocycles. The maximum Gasteiger partial charge on any atom is 0.243 e. The van der Waals surface area contributed by atoms with Crippen molar-refractivity contribution in [2.75, 3.05) is 24.6 Å². The number of primary amides is 1. The summed E-state index contributed by atoms with van der Waals surface area (Å²) in [6.07, 6.45) is 0. The maximum absolute atomic E-state index is 11.9. The summed E-state index contributed by atoms with van der Waals surface area (Å²) in [6, 6.07) is 8.76. The van der Waals surface area contributed by atoms with Gasteiger partial charge in [-0.25, -0.2) is 8.42 Å². The average Bonchev–Trinajstić information content (AvgIpc) is 2.42. The first-order valence-electron chi connectivity index (χ1n) is 6.83. The second-order valence-electron chi connectivity index (χ2n) is 5.64. The predicted octanol–water partition coefficient (Wildman–Crippen LogP) is -0.555. The normalized spacial score (nSPS) is 25.1. The van der Waals surface area contributed by atoms with Gasteiger partial charge in [0.05, 0.1) is 11.5 Å². The number of hydrogen-bond acceptors (Lipinski definition) is 5. The van der Waals surface area contributed by atoms with E-state index in [9.17, 15) is 13.2 Å². The molecule has 0 saturated carbocycles. The van der Waals surface area contributed by atoms with Crippen molar-refractivity contribution in [2.24, 2.45) is 11.5 Å². The number of benzene rings is 1. The Balaban J connectivity index is 2.24. The lowest BCUT2D eigenvalue weighted by Crippen LogP contribution is -2.60. The highest BCUT2D eigenvalue weighted by Gasteiger charge is 2.39. The first kappa shape index (κ1) is 15.9. The molecule has 0 spiro atoms. The van der Waals surface area contributed by atoms with Crippen LogP contribution in [0.2, 0.25) is 0 Å². The molecule has 4 N–H and O–H groups in total. The standard InChI is InChI=1S/C14H21N3O3S/c1-11-9-21(19,20)8-7-17(11)10-14(16,13(15)18)12-5-3-2-4-6-12/h2-6,11H,7-10,16H2,1H3,(H2,15,18). The van der Waals surface area contributed by atoms with Crippen molar-refractivity contribution < 1.29 is 13.2 Å². The Bertz CT molecular complexity index is 618. The lowest BCUT2D eigenvalue weighted by Gasteiger charge is -2.39. The second kappa shape index (κ2) is 5.75. The van der Waals surface area contributed by atoms with Gasteiger partial charge in [0.1, 0.15) is 5.54 Å². The van der Waals surface area contributed by atoms with Crippen LogP contribution in [0.25, 0.3) is 0 Å². The van der Waals surface area contributed by atoms with Gasteiger partial charge in [-0.15, -0.1) is 0 Å². The van der Waals surface area contributed by atoms with Gasteiger partial charge in [0, 0.05) is 19.1 Å². The van der Waals surface area contributed by atoms with Gasteiger partial charge in [0.15, 0.2) is 9.84 Å². The molecule has 0 aromatic heterocycles. The van der Waals surface area contributed by atoms with Crippen molar-refractivity contribution in [3.05, 3.63) is 35.9 Å². The molecular formula is C14H21N3O3S. The molecule has 1 aromatic rings. The highest BCUT2D eigenvalue weighted by atomic mass is 32.2. The van der Waals surface area contributed by atoms with Gasteiger partial charge >= 0.3 is 0 Å². The van der Waals surface area contributed by atoms with E-state index in [0.29, 0.717) is 12.1 Å². The molecular weight excluding hydrogens is 290 g/mol. The van der Waals surface area contributed by atoms with E-state index in [-0.39, 0.29) is 24.1 Å². The minimum absolute atomic E-state index is 0.0800. The number of carbonyl (C=O) groups is 1. The number of nitrogens with two attached hydrogens (primary N) is 2. The number of amides is 1. The Morgan fingerprint density at radius 1 is 1.38 bits per heavy atom. The summed E-state index contributed by atoms with van der Waals surface area (Å²) < 4.78 is 23.3. The summed E-state index contributed by atoms with van der Waals surface area (Å²) in [4.78, 5) is 13.8. The van der Waals surface area contributed by atoms with E-state index in [2.05, 4.69) is 0 Å². The van der Waals surface area contributed by atoms with E-state index in [0.717, 1.165) is 0 Å². The molecule has 0 aliphatic carbocycles. The summed E-state index contributed by atoms with van der Waals surface area (Å²) in [5.74, 6) is -0.452. The third-order valence-corrected chi connectivity index (χ3v) is 5.78. The molecule has 0 bridgehead atoms. The van der Waals surface area contributed by atoms with Crippen LogP contribution < -0.4 is 11.5 Å². The Morgan fingerprint density at radius 3 is 2.52 bits per heavy atom. The smallest absolute Gasteiger partial charge is 0.243 e. The van der Waals surface area contributed by atoms with Crippen molar-refractivity contribution in [3.8, 4) is 0 Å². The summed E-state index contributed by atoms with van der Waals surface area (Å²) in [7, 11) is -3.00. The Labute approximate surface area is 125 Å². The maximum atomic E-state index is 11.9. The fraction of sp³-hybridized carbons (Fsp3) is 0.500. The van der Waals surface area contributed by atoms with Crippen LogP contribution in [0.15, 0.2) is 30.3 Å². The van der Waals surface area contributed by atoms with E-state index >= 15 is 0 Å². The zero-order valence-corrected chi connectivity index (χ0v) is 12.8. The van der Waals surface area contributed by atoms with E-state index in [4.69, 9.17) is 11.5 Å². The molecule has 1 heterocycles. The van der Waals surface area contributed by atoms with Gasteiger partial charge in [-0.2, -0.15) is 0 Å². The monoisotopic (exact) mass is 311 g/mol. The van der Waals surface area contributed by atoms with Crippen LogP contribution in [0.5, 0.6) is 0 Å². The Morgan fingerprint density at radius 2 is 2.00 bits per heavy atom. The third-order valence-electron chi connectivity index (χ3n) is 3.99. The Kier molecular flexibility index (Phi) is 4.36. The van der Waals surface area contributed by atoms with Crippen molar-refractivity contribution in [3.63, 3.8) is 0 Å². The third kappa shape index (κ3) is 3.42. The van der Waals surface area contributed by atoms with Gasteiger partial charge in [-0.1, -0.05) is 30.3 Å². The first-order chi connectivity index (χ1) is 9.74. The Hall–Kier alpha value is -1.44. The SMILES string of the molecule is CC1CS(=O)(=O)CCN1CC(N)(C(N)=O)c1ccccc1. The zero-order valence-electron chi connectivity index (χ0n) is 12.0. The quantitative estimate of drug-likeness (QED) is 0.775. The summed E-state index contributed by atoms with van der Waals surface area (Å²) in [5.41, 5.74) is 11.1. The molecule has 1 fully saturated rings. The molecule has 7 heteroatoms. The number of nitrogens with zero attached hydrogens (tertiary/aromatic N) is 1. The molecule has 1 aromatic carbocycles. The van der Waals surface area contributed by atoms with Crippen LogP contribution in [-0.4, -0.2) is 49.9 Å². The van der Waals surface area contributed by atoms with E-state index in [1.165, 1.54) is 0 Å². The fourth-order valence-electron chi connectivity index (χ4n) is 2.64. The van der Waals surface area contributed by atoms with Crippen LogP contribution in [0.1, 0.15) is 12.5 Å². The van der Waals surface area contributed by atoms with Gasteiger partial charge in [-0.05, 0) is 12.5 Å². The van der Waals surface area contributed by atoms with Gasteiger partial charge in [0.25, 0.3) is 0 Å². The largest absolute Gasteiger partial charge is 0.368 e. The van der Waals surface area contributed by atoms with Crippen LogP contribution in [0.4, 0.5) is 0 Å². The fourth-order valence-corrected chi connectivity index (χ4v) is 4.26. The van der Waals surface area contributed by atoms with Crippen molar-refractivity contribution >= 4 is 15.7 Å². The first-order valence-corrected chi connectivity index (χ1v) is 8.65. The lowest BCUT2D eigenvalue weighted by molar-refractivity contribution is -0.124. The molecule has 1 amide bonds. The summed E-state index contributed by atoms with van der Waals surface area (Å²) in [6.45, 7) is 2.40. The zero-order chi connectivity index (χ0) is 15.7. The molecule has 21 heavy (non-hydrogen) atoms. The minimum atomic E-state index is -3.00. The van der Waals surface area contributed by atoms with Crippen LogP contribution in [0, 0.1) is 0 Å². The van der Waals surface area contributed by atoms with E-state index in [1.54, 1.807) is 24.3 Å². The number of rotatable bonds is 4. The summed E-state index contributed by atoms with van der Waals surface area (Å²) >= 11 is 0. The molecule has 0 radical (unpaired) electrons. The van der Waals surface area contributed by atoms with Crippen LogP contribution >= 0.6 is 0 Å². The van der Waals surface area contributed by atoms with Crippen LogP contribution in [0.3, 0.4) is 0 Å². The topological polar surface area (TPSA) is 106 Å². The molecule has 1 aliphatic rings. The van der Waals surface area contributed by atoms with E-state index in [1.807, 2.05) is 17.9 Å². The van der Waals surface area contributed by atoms with E-state index < -0.39 is 21.3 Å². The second-order valence-corrected chi connectivity index (χ2v) is 7.86. The van der Waals surface area contributed by atoms with Crippen molar-refractivity contribution in [1.82, 2.24) is 4.90 Å². The average molecular weight is 311 g/mol. The molecule has 116 valence electrons. The number of hydrogen-bond donors (Lipinski definition) is 2. The highest BCUT2D eigenvalue weighted by Crippen LogP contribution is 2.22. The number of carbonyl (C=O) groups excluding carboxylic acids is 1.